The first-order valence-electron chi connectivity index (χ1n) is 6.56. The van der Waals surface area contributed by atoms with Crippen LogP contribution in [0.15, 0.2) is 52.9 Å². The SMILES string of the molecule is Cc1oc2ccccc2c1C(O)Cc1ccccc1Cl. The van der Waals surface area contributed by atoms with Crippen molar-refractivity contribution in [2.24, 2.45) is 0 Å². The van der Waals surface area contributed by atoms with E-state index in [1.54, 1.807) is 0 Å². The molecule has 0 aliphatic rings. The second kappa shape index (κ2) is 5.31. The lowest BCUT2D eigenvalue weighted by Crippen LogP contribution is -2.03. The summed E-state index contributed by atoms with van der Waals surface area (Å²) >= 11 is 6.15. The van der Waals surface area contributed by atoms with E-state index in [1.165, 1.54) is 0 Å². The van der Waals surface area contributed by atoms with E-state index in [0.717, 1.165) is 27.9 Å². The van der Waals surface area contributed by atoms with Crippen molar-refractivity contribution in [3.05, 3.63) is 70.4 Å². The highest BCUT2D eigenvalue weighted by atomic mass is 35.5. The number of fused-ring (bicyclic) bond motifs is 1. The number of benzene rings is 2. The predicted molar refractivity (Wildman–Crippen MR) is 81.1 cm³/mol. The van der Waals surface area contributed by atoms with E-state index in [2.05, 4.69) is 0 Å². The summed E-state index contributed by atoms with van der Waals surface area (Å²) in [6, 6.07) is 15.3. The molecule has 0 aliphatic carbocycles. The molecular weight excluding hydrogens is 272 g/mol. The lowest BCUT2D eigenvalue weighted by molar-refractivity contribution is 0.177. The topological polar surface area (TPSA) is 33.4 Å². The maximum absolute atomic E-state index is 10.5. The number of aryl methyl sites for hydroxylation is 1. The molecule has 2 aromatic carbocycles. The third-order valence-electron chi connectivity index (χ3n) is 3.52. The number of aliphatic hydroxyl groups is 1. The summed E-state index contributed by atoms with van der Waals surface area (Å²) in [6.07, 6.45) is -0.150. The Hall–Kier alpha value is -1.77. The van der Waals surface area contributed by atoms with Crippen LogP contribution in [0.4, 0.5) is 0 Å². The molecule has 1 N–H and O–H groups in total. The summed E-state index contributed by atoms with van der Waals surface area (Å²) in [5.74, 6) is 0.755. The van der Waals surface area contributed by atoms with Crippen LogP contribution >= 0.6 is 11.6 Å². The maximum atomic E-state index is 10.5. The molecule has 2 nitrogen and oxygen atoms in total. The number of furan rings is 1. The fraction of sp³-hybridized carbons (Fsp3) is 0.176. The first-order valence-corrected chi connectivity index (χ1v) is 6.94. The van der Waals surface area contributed by atoms with Gasteiger partial charge in [0.1, 0.15) is 11.3 Å². The van der Waals surface area contributed by atoms with Crippen molar-refractivity contribution in [1.29, 1.82) is 0 Å². The maximum Gasteiger partial charge on any atom is 0.134 e. The van der Waals surface area contributed by atoms with Gasteiger partial charge in [0, 0.05) is 22.4 Å². The molecule has 0 saturated heterocycles. The van der Waals surface area contributed by atoms with Gasteiger partial charge in [0.2, 0.25) is 0 Å². The van der Waals surface area contributed by atoms with Gasteiger partial charge in [-0.3, -0.25) is 0 Å². The third-order valence-corrected chi connectivity index (χ3v) is 3.89. The van der Waals surface area contributed by atoms with Gasteiger partial charge in [-0.05, 0) is 24.6 Å². The lowest BCUT2D eigenvalue weighted by atomic mass is 9.99. The van der Waals surface area contributed by atoms with E-state index in [4.69, 9.17) is 16.0 Å². The highest BCUT2D eigenvalue weighted by molar-refractivity contribution is 6.31. The van der Waals surface area contributed by atoms with Gasteiger partial charge >= 0.3 is 0 Å². The molecule has 3 heteroatoms. The summed E-state index contributed by atoms with van der Waals surface area (Å²) < 4.78 is 5.70. The smallest absolute Gasteiger partial charge is 0.134 e. The number of rotatable bonds is 3. The molecule has 0 radical (unpaired) electrons. The third kappa shape index (κ3) is 2.33. The van der Waals surface area contributed by atoms with E-state index in [9.17, 15) is 5.11 Å². The van der Waals surface area contributed by atoms with Gasteiger partial charge in [-0.15, -0.1) is 0 Å². The number of aliphatic hydroxyl groups excluding tert-OH is 1. The predicted octanol–water partition coefficient (Wildman–Crippen LogP) is 4.67. The zero-order valence-electron chi connectivity index (χ0n) is 11.1. The van der Waals surface area contributed by atoms with E-state index in [1.807, 2.05) is 55.5 Å². The Kier molecular flexibility index (Phi) is 3.51. The molecule has 1 aromatic heterocycles. The summed E-state index contributed by atoms with van der Waals surface area (Å²) in [5, 5.41) is 12.2. The van der Waals surface area contributed by atoms with Gasteiger partial charge in [-0.25, -0.2) is 0 Å². The quantitative estimate of drug-likeness (QED) is 0.759. The van der Waals surface area contributed by atoms with Gasteiger partial charge in [0.05, 0.1) is 6.10 Å². The molecule has 1 heterocycles. The van der Waals surface area contributed by atoms with Crippen LogP contribution in [-0.2, 0) is 6.42 Å². The Bertz CT molecular complexity index is 746. The van der Waals surface area contributed by atoms with Crippen LogP contribution in [0.1, 0.15) is 23.0 Å². The normalized spacial score (nSPS) is 12.8. The Labute approximate surface area is 122 Å². The molecule has 0 amide bonds. The van der Waals surface area contributed by atoms with Crippen LogP contribution in [0.25, 0.3) is 11.0 Å². The lowest BCUT2D eigenvalue weighted by Gasteiger charge is -2.11. The minimum absolute atomic E-state index is 0.476. The Morgan fingerprint density at radius 2 is 1.80 bits per heavy atom. The fourth-order valence-corrected chi connectivity index (χ4v) is 2.79. The zero-order valence-corrected chi connectivity index (χ0v) is 11.9. The zero-order chi connectivity index (χ0) is 14.1. The summed E-state index contributed by atoms with van der Waals surface area (Å²) in [7, 11) is 0. The Morgan fingerprint density at radius 3 is 2.60 bits per heavy atom. The van der Waals surface area contributed by atoms with Crippen molar-refractivity contribution in [2.45, 2.75) is 19.4 Å². The first-order chi connectivity index (χ1) is 9.66. The van der Waals surface area contributed by atoms with Crippen LogP contribution in [0.3, 0.4) is 0 Å². The van der Waals surface area contributed by atoms with E-state index < -0.39 is 6.10 Å². The minimum atomic E-state index is -0.626. The monoisotopic (exact) mass is 286 g/mol. The second-order valence-corrected chi connectivity index (χ2v) is 5.29. The van der Waals surface area contributed by atoms with Crippen LogP contribution in [0, 0.1) is 6.92 Å². The van der Waals surface area contributed by atoms with Gasteiger partial charge in [0.25, 0.3) is 0 Å². The largest absolute Gasteiger partial charge is 0.461 e. The number of para-hydroxylation sites is 1. The van der Waals surface area contributed by atoms with E-state index in [0.29, 0.717) is 11.4 Å². The van der Waals surface area contributed by atoms with E-state index >= 15 is 0 Å². The highest BCUT2D eigenvalue weighted by Crippen LogP contribution is 2.33. The number of hydrogen-bond acceptors (Lipinski definition) is 2. The van der Waals surface area contributed by atoms with Crippen LogP contribution in [0.2, 0.25) is 5.02 Å². The van der Waals surface area contributed by atoms with Crippen molar-refractivity contribution in [3.8, 4) is 0 Å². The molecule has 0 saturated carbocycles. The number of hydrogen-bond donors (Lipinski definition) is 1. The Morgan fingerprint density at radius 1 is 1.10 bits per heavy atom. The minimum Gasteiger partial charge on any atom is -0.461 e. The highest BCUT2D eigenvalue weighted by Gasteiger charge is 2.19. The number of halogens is 1. The molecule has 20 heavy (non-hydrogen) atoms. The standard InChI is InChI=1S/C17H15ClO2/c1-11-17(13-7-3-5-9-16(13)20-11)15(19)10-12-6-2-4-8-14(12)18/h2-9,15,19H,10H2,1H3. The van der Waals surface area contributed by atoms with Crippen molar-refractivity contribution < 1.29 is 9.52 Å². The van der Waals surface area contributed by atoms with Gasteiger partial charge in [-0.1, -0.05) is 48.0 Å². The van der Waals surface area contributed by atoms with Gasteiger partial charge in [0.15, 0.2) is 0 Å². The molecule has 3 aromatic rings. The first kappa shape index (κ1) is 13.2. The molecule has 0 fully saturated rings. The van der Waals surface area contributed by atoms with Crippen molar-refractivity contribution in [3.63, 3.8) is 0 Å². The van der Waals surface area contributed by atoms with Crippen LogP contribution in [-0.4, -0.2) is 5.11 Å². The van der Waals surface area contributed by atoms with Crippen LogP contribution in [0.5, 0.6) is 0 Å². The molecule has 0 aliphatic heterocycles. The fourth-order valence-electron chi connectivity index (χ4n) is 2.58. The van der Waals surface area contributed by atoms with Crippen LogP contribution < -0.4 is 0 Å². The summed E-state index contributed by atoms with van der Waals surface area (Å²) in [6.45, 7) is 1.88. The van der Waals surface area contributed by atoms with Gasteiger partial charge < -0.3 is 9.52 Å². The molecule has 102 valence electrons. The summed E-state index contributed by atoms with van der Waals surface area (Å²) in [4.78, 5) is 0. The molecule has 3 rings (SSSR count). The van der Waals surface area contributed by atoms with Crippen molar-refractivity contribution >= 4 is 22.6 Å². The van der Waals surface area contributed by atoms with Gasteiger partial charge in [-0.2, -0.15) is 0 Å². The average Bonchev–Trinajstić information content (AvgIpc) is 2.77. The molecule has 0 spiro atoms. The second-order valence-electron chi connectivity index (χ2n) is 4.88. The molecule has 1 unspecified atom stereocenters. The summed E-state index contributed by atoms with van der Waals surface area (Å²) in [5.41, 5.74) is 2.59. The van der Waals surface area contributed by atoms with Crippen molar-refractivity contribution in [2.75, 3.05) is 0 Å². The van der Waals surface area contributed by atoms with E-state index in [-0.39, 0.29) is 0 Å². The average molecular weight is 287 g/mol. The molecular formula is C17H15ClO2. The molecule has 1 atom stereocenters. The van der Waals surface area contributed by atoms with Crippen molar-refractivity contribution in [1.82, 2.24) is 0 Å². The molecule has 0 bridgehead atoms. The Balaban J connectivity index is 1.99.